The van der Waals surface area contributed by atoms with Crippen LogP contribution in [-0.4, -0.2) is 71.9 Å². The van der Waals surface area contributed by atoms with Crippen LogP contribution in [0.1, 0.15) is 30.0 Å². The third-order valence-electron chi connectivity index (χ3n) is 4.16. The van der Waals surface area contributed by atoms with Crippen LogP contribution in [0.2, 0.25) is 0 Å². The quantitative estimate of drug-likeness (QED) is 0.871. The minimum Gasteiger partial charge on any atom is -0.378 e. The predicted octanol–water partition coefficient (Wildman–Crippen LogP) is 0.366. The largest absolute Gasteiger partial charge is 0.378 e. The Morgan fingerprint density at radius 3 is 2.78 bits per heavy atom. The fraction of sp³-hybridized carbons (Fsp3) is 0.625. The van der Waals surface area contributed by atoms with Gasteiger partial charge in [-0.25, -0.2) is 4.98 Å². The van der Waals surface area contributed by atoms with E-state index in [0.29, 0.717) is 50.2 Å². The summed E-state index contributed by atoms with van der Waals surface area (Å²) in [5.41, 5.74) is 1.84. The van der Waals surface area contributed by atoms with Crippen molar-refractivity contribution in [3.8, 4) is 0 Å². The summed E-state index contributed by atoms with van der Waals surface area (Å²) in [5, 5.41) is 3.47. The molecule has 1 aromatic rings. The molecule has 1 amide bonds. The van der Waals surface area contributed by atoms with E-state index in [9.17, 15) is 4.79 Å². The van der Waals surface area contributed by atoms with Crippen molar-refractivity contribution in [2.45, 2.75) is 19.9 Å². The van der Waals surface area contributed by atoms with Crippen molar-refractivity contribution in [2.24, 2.45) is 10.9 Å². The number of hydrogen-bond donors (Lipinski definition) is 1. The lowest BCUT2D eigenvalue weighted by Crippen LogP contribution is -2.47. The van der Waals surface area contributed by atoms with Gasteiger partial charge in [0.25, 0.3) is 5.91 Å². The summed E-state index contributed by atoms with van der Waals surface area (Å²) >= 11 is 0. The molecule has 0 bridgehead atoms. The molecule has 1 unspecified atom stereocenters. The molecule has 1 aromatic heterocycles. The second-order valence-electron chi connectivity index (χ2n) is 6.10. The van der Waals surface area contributed by atoms with Crippen molar-refractivity contribution in [1.29, 1.82) is 0 Å². The first-order chi connectivity index (χ1) is 11.2. The third-order valence-corrected chi connectivity index (χ3v) is 4.16. The molecule has 0 saturated carbocycles. The lowest BCUT2D eigenvalue weighted by atomic mass is 9.94. The average Bonchev–Trinajstić information content (AvgIpc) is 2.62. The van der Waals surface area contributed by atoms with Gasteiger partial charge in [-0.3, -0.25) is 14.8 Å². The number of nitrogens with zero attached hydrogens (tertiary/aromatic N) is 4. The van der Waals surface area contributed by atoms with Gasteiger partial charge in [0, 0.05) is 32.0 Å². The second-order valence-corrected chi connectivity index (χ2v) is 6.10. The number of carbonyl (C=O) groups excluding carboxylic acids is 1. The summed E-state index contributed by atoms with van der Waals surface area (Å²) in [5.74, 6) is 0.273. The standard InChI is InChI=1S/C16H23N5O2/c1-11(2)12-13(18-4-3-17-12)14-15(20-6-5-19-14)16(22)21-7-9-23-10-8-21/h5-6,11-12,17H,3-4,7-10H2,1-2H3. The number of aliphatic imine (C=N–C) groups is 1. The molecule has 0 aliphatic carbocycles. The Morgan fingerprint density at radius 2 is 2.04 bits per heavy atom. The van der Waals surface area contributed by atoms with Crippen LogP contribution in [0, 0.1) is 5.92 Å². The Bertz CT molecular complexity index is 596. The van der Waals surface area contributed by atoms with Crippen LogP contribution in [-0.2, 0) is 4.74 Å². The Hall–Kier alpha value is -1.86. The molecule has 0 radical (unpaired) electrons. The van der Waals surface area contributed by atoms with Crippen molar-refractivity contribution >= 4 is 11.6 Å². The van der Waals surface area contributed by atoms with Crippen molar-refractivity contribution in [1.82, 2.24) is 20.2 Å². The van der Waals surface area contributed by atoms with Gasteiger partial charge in [0.05, 0.1) is 31.5 Å². The first kappa shape index (κ1) is 16.0. The summed E-state index contributed by atoms with van der Waals surface area (Å²) < 4.78 is 5.32. The fourth-order valence-corrected chi connectivity index (χ4v) is 2.96. The second kappa shape index (κ2) is 7.14. The molecule has 2 aliphatic rings. The van der Waals surface area contributed by atoms with Crippen molar-refractivity contribution < 1.29 is 9.53 Å². The SMILES string of the molecule is CC(C)C1NCCN=C1c1nccnc1C(=O)N1CCOCC1. The number of aromatic nitrogens is 2. The number of carbonyl (C=O) groups is 1. The summed E-state index contributed by atoms with van der Waals surface area (Å²) in [6.07, 6.45) is 3.19. The van der Waals surface area contributed by atoms with Crippen molar-refractivity contribution in [3.63, 3.8) is 0 Å². The van der Waals surface area contributed by atoms with E-state index in [1.165, 1.54) is 0 Å². The molecule has 1 saturated heterocycles. The van der Waals surface area contributed by atoms with Crippen molar-refractivity contribution in [3.05, 3.63) is 23.8 Å². The topological polar surface area (TPSA) is 79.7 Å². The van der Waals surface area contributed by atoms with Gasteiger partial charge in [-0.05, 0) is 5.92 Å². The average molecular weight is 317 g/mol. The number of morpholine rings is 1. The van der Waals surface area contributed by atoms with Gasteiger partial charge in [0.1, 0.15) is 5.69 Å². The van der Waals surface area contributed by atoms with E-state index in [1.54, 1.807) is 17.3 Å². The molecule has 7 nitrogen and oxygen atoms in total. The lowest BCUT2D eigenvalue weighted by molar-refractivity contribution is 0.0298. The van der Waals surface area contributed by atoms with Gasteiger partial charge in [-0.1, -0.05) is 13.8 Å². The number of rotatable bonds is 3. The van der Waals surface area contributed by atoms with E-state index in [1.807, 2.05) is 0 Å². The molecule has 3 heterocycles. The maximum Gasteiger partial charge on any atom is 0.274 e. The maximum atomic E-state index is 12.8. The van der Waals surface area contributed by atoms with Crippen molar-refractivity contribution in [2.75, 3.05) is 39.4 Å². The smallest absolute Gasteiger partial charge is 0.274 e. The van der Waals surface area contributed by atoms with Crippen LogP contribution < -0.4 is 5.32 Å². The maximum absolute atomic E-state index is 12.8. The van der Waals surface area contributed by atoms with Gasteiger partial charge in [-0.15, -0.1) is 0 Å². The van der Waals surface area contributed by atoms with Gasteiger partial charge in [0.15, 0.2) is 5.69 Å². The van der Waals surface area contributed by atoms with Crippen LogP contribution in [0.4, 0.5) is 0 Å². The summed E-state index contributed by atoms with van der Waals surface area (Å²) in [4.78, 5) is 28.0. The van der Waals surface area contributed by atoms with Gasteiger partial charge in [0.2, 0.25) is 0 Å². The summed E-state index contributed by atoms with van der Waals surface area (Å²) in [6.45, 7) is 8.13. The summed E-state index contributed by atoms with van der Waals surface area (Å²) in [6, 6.07) is 0.0942. The number of nitrogens with one attached hydrogen (secondary N) is 1. The van der Waals surface area contributed by atoms with Crippen LogP contribution in [0.5, 0.6) is 0 Å². The highest BCUT2D eigenvalue weighted by Gasteiger charge is 2.30. The molecule has 2 aliphatic heterocycles. The Morgan fingerprint density at radius 1 is 1.30 bits per heavy atom. The zero-order chi connectivity index (χ0) is 16.2. The molecular formula is C16H23N5O2. The van der Waals surface area contributed by atoms with Gasteiger partial charge < -0.3 is 15.0 Å². The molecule has 7 heteroatoms. The van der Waals surface area contributed by atoms with Crippen LogP contribution in [0.3, 0.4) is 0 Å². The Balaban J connectivity index is 1.94. The number of hydrogen-bond acceptors (Lipinski definition) is 6. The molecule has 1 fully saturated rings. The van der Waals surface area contributed by atoms with E-state index >= 15 is 0 Å². The molecule has 1 atom stereocenters. The zero-order valence-corrected chi connectivity index (χ0v) is 13.7. The molecular weight excluding hydrogens is 294 g/mol. The Kier molecular flexibility index (Phi) is 4.97. The van der Waals surface area contributed by atoms with E-state index in [0.717, 1.165) is 12.3 Å². The predicted molar refractivity (Wildman–Crippen MR) is 86.8 cm³/mol. The minimum atomic E-state index is -0.0906. The van der Waals surface area contributed by atoms with Crippen LogP contribution >= 0.6 is 0 Å². The first-order valence-electron chi connectivity index (χ1n) is 8.14. The van der Waals surface area contributed by atoms with E-state index in [4.69, 9.17) is 4.74 Å². The molecule has 0 spiro atoms. The Labute approximate surface area is 136 Å². The van der Waals surface area contributed by atoms with Crippen LogP contribution in [0.15, 0.2) is 17.4 Å². The zero-order valence-electron chi connectivity index (χ0n) is 13.7. The highest BCUT2D eigenvalue weighted by molar-refractivity contribution is 6.10. The molecule has 0 aromatic carbocycles. The molecule has 1 N–H and O–H groups in total. The highest BCUT2D eigenvalue weighted by atomic mass is 16.5. The first-order valence-corrected chi connectivity index (χ1v) is 8.14. The monoisotopic (exact) mass is 317 g/mol. The lowest BCUT2D eigenvalue weighted by Gasteiger charge is -2.30. The summed E-state index contributed by atoms with van der Waals surface area (Å²) in [7, 11) is 0. The number of ether oxygens (including phenoxy) is 1. The van der Waals surface area contributed by atoms with E-state index < -0.39 is 0 Å². The number of amides is 1. The van der Waals surface area contributed by atoms with E-state index in [2.05, 4.69) is 34.1 Å². The molecule has 3 rings (SSSR count). The minimum absolute atomic E-state index is 0.0906. The van der Waals surface area contributed by atoms with Gasteiger partial charge in [-0.2, -0.15) is 0 Å². The molecule has 124 valence electrons. The van der Waals surface area contributed by atoms with Crippen LogP contribution in [0.25, 0.3) is 0 Å². The third kappa shape index (κ3) is 3.40. The normalized spacial score (nSPS) is 22.1. The van der Waals surface area contributed by atoms with Gasteiger partial charge >= 0.3 is 0 Å². The highest BCUT2D eigenvalue weighted by Crippen LogP contribution is 2.16. The molecule has 23 heavy (non-hydrogen) atoms. The fourth-order valence-electron chi connectivity index (χ4n) is 2.96. The van der Waals surface area contributed by atoms with E-state index in [-0.39, 0.29) is 11.9 Å².